The summed E-state index contributed by atoms with van der Waals surface area (Å²) in [5.41, 5.74) is 1.40. The first-order valence-electron chi connectivity index (χ1n) is 9.19. The summed E-state index contributed by atoms with van der Waals surface area (Å²) in [6, 6.07) is 6.69. The molecule has 4 heterocycles. The molecule has 2 fully saturated rings. The minimum atomic E-state index is 0.123. The fourth-order valence-electron chi connectivity index (χ4n) is 4.00. The molecule has 0 aliphatic carbocycles. The van der Waals surface area contributed by atoms with Crippen molar-refractivity contribution in [3.8, 4) is 22.8 Å². The Balaban J connectivity index is 1.31. The Morgan fingerprint density at radius 2 is 2.00 bits per heavy atom. The zero-order valence-corrected chi connectivity index (χ0v) is 15.5. The Morgan fingerprint density at radius 3 is 2.67 bits per heavy atom. The maximum atomic E-state index is 10.4. The number of imidazole rings is 1. The molecule has 2 N–H and O–H groups in total. The number of aromatic nitrogens is 5. The number of fused-ring (bicyclic) bond motifs is 2. The van der Waals surface area contributed by atoms with Crippen molar-refractivity contribution < 1.29 is 5.11 Å². The van der Waals surface area contributed by atoms with E-state index in [2.05, 4.69) is 25.5 Å². The van der Waals surface area contributed by atoms with Crippen molar-refractivity contribution in [1.82, 2.24) is 30.0 Å². The first-order valence-corrected chi connectivity index (χ1v) is 10.1. The number of piperidine rings is 1. The van der Waals surface area contributed by atoms with E-state index >= 15 is 0 Å². The third kappa shape index (κ3) is 3.42. The van der Waals surface area contributed by atoms with E-state index in [9.17, 15) is 5.11 Å². The molecule has 2 aliphatic heterocycles. The number of phenols is 1. The van der Waals surface area contributed by atoms with E-state index < -0.39 is 0 Å². The van der Waals surface area contributed by atoms with Crippen LogP contribution < -0.4 is 5.32 Å². The first kappa shape index (κ1) is 16.7. The number of nitrogens with one attached hydrogen (secondary N) is 1. The highest BCUT2D eigenvalue weighted by Gasteiger charge is 2.34. The minimum Gasteiger partial charge on any atom is -0.507 e. The summed E-state index contributed by atoms with van der Waals surface area (Å²) in [7, 11) is 0. The smallest absolute Gasteiger partial charge is 0.185 e. The van der Waals surface area contributed by atoms with Crippen molar-refractivity contribution >= 4 is 11.8 Å². The molecule has 2 saturated heterocycles. The van der Waals surface area contributed by atoms with Gasteiger partial charge < -0.3 is 15.0 Å². The van der Waals surface area contributed by atoms with Crippen LogP contribution in [0.5, 0.6) is 5.75 Å². The summed E-state index contributed by atoms with van der Waals surface area (Å²) in [5, 5.41) is 24.1. The van der Waals surface area contributed by atoms with E-state index in [-0.39, 0.29) is 5.75 Å². The van der Waals surface area contributed by atoms with Gasteiger partial charge >= 0.3 is 0 Å². The lowest BCUT2D eigenvalue weighted by Gasteiger charge is -2.28. The normalized spacial score (nSPS) is 24.2. The predicted octanol–water partition coefficient (Wildman–Crippen LogP) is 2.81. The van der Waals surface area contributed by atoms with Crippen molar-refractivity contribution in [3.05, 3.63) is 43.1 Å². The second-order valence-corrected chi connectivity index (χ2v) is 8.46. The summed E-state index contributed by atoms with van der Waals surface area (Å²) in [6.45, 7) is 0. The summed E-state index contributed by atoms with van der Waals surface area (Å²) < 4.78 is 1.83. The van der Waals surface area contributed by atoms with Gasteiger partial charge in [0.15, 0.2) is 5.82 Å². The SMILES string of the molecule is Oc1cc(-n2ccnc2)ccc1-c1ncc(SC2CC3CCC(C2)N3)nn1. The van der Waals surface area contributed by atoms with Gasteiger partial charge in [-0.3, -0.25) is 0 Å². The van der Waals surface area contributed by atoms with E-state index in [1.807, 2.05) is 16.8 Å². The van der Waals surface area contributed by atoms with Gasteiger partial charge in [-0.2, -0.15) is 0 Å². The van der Waals surface area contributed by atoms with Gasteiger partial charge in [0, 0.05) is 35.8 Å². The molecule has 8 heteroatoms. The monoisotopic (exact) mass is 380 g/mol. The van der Waals surface area contributed by atoms with E-state index in [1.54, 1.807) is 42.6 Å². The Labute approximate surface area is 161 Å². The highest BCUT2D eigenvalue weighted by Crippen LogP contribution is 2.36. The Hall–Kier alpha value is -2.45. The van der Waals surface area contributed by atoms with Crippen LogP contribution in [0.15, 0.2) is 48.1 Å². The Morgan fingerprint density at radius 1 is 1.15 bits per heavy atom. The van der Waals surface area contributed by atoms with Gasteiger partial charge in [-0.1, -0.05) is 11.8 Å². The van der Waals surface area contributed by atoms with Crippen LogP contribution in [-0.4, -0.2) is 47.2 Å². The van der Waals surface area contributed by atoms with Crippen LogP contribution >= 0.6 is 11.8 Å². The average molecular weight is 380 g/mol. The second kappa shape index (κ2) is 6.94. The number of thioether (sulfide) groups is 1. The standard InChI is InChI=1S/C19H20N6OS/c26-17-9-14(25-6-5-20-11-25)3-4-16(17)19-21-10-18(23-24-19)27-15-7-12-1-2-13(8-15)22-12/h3-6,9-13,15,22,26H,1-2,7-8H2. The predicted molar refractivity (Wildman–Crippen MR) is 103 cm³/mol. The van der Waals surface area contributed by atoms with Crippen LogP contribution in [0.3, 0.4) is 0 Å². The molecule has 2 aliphatic rings. The van der Waals surface area contributed by atoms with Crippen molar-refractivity contribution in [1.29, 1.82) is 0 Å². The summed E-state index contributed by atoms with van der Waals surface area (Å²) in [4.78, 5) is 8.45. The van der Waals surface area contributed by atoms with E-state index in [0.29, 0.717) is 28.7 Å². The van der Waals surface area contributed by atoms with Gasteiger partial charge in [0.1, 0.15) is 10.8 Å². The highest BCUT2D eigenvalue weighted by atomic mass is 32.2. The zero-order valence-electron chi connectivity index (χ0n) is 14.7. The minimum absolute atomic E-state index is 0.123. The largest absolute Gasteiger partial charge is 0.507 e. The third-order valence-corrected chi connectivity index (χ3v) is 6.43. The number of hydrogen-bond acceptors (Lipinski definition) is 7. The molecule has 1 aromatic carbocycles. The van der Waals surface area contributed by atoms with Crippen molar-refractivity contribution in [2.24, 2.45) is 0 Å². The van der Waals surface area contributed by atoms with Crippen LogP contribution in [0.4, 0.5) is 0 Å². The molecule has 0 amide bonds. The zero-order chi connectivity index (χ0) is 18.2. The molecular weight excluding hydrogens is 360 g/mol. The van der Waals surface area contributed by atoms with E-state index in [1.165, 1.54) is 25.7 Å². The molecule has 2 atom stereocenters. The van der Waals surface area contributed by atoms with E-state index in [0.717, 1.165) is 10.7 Å². The van der Waals surface area contributed by atoms with Gasteiger partial charge in [-0.05, 0) is 37.8 Å². The lowest BCUT2D eigenvalue weighted by atomic mass is 10.1. The molecule has 2 aromatic heterocycles. The van der Waals surface area contributed by atoms with Crippen LogP contribution in [0.25, 0.3) is 17.1 Å². The fraction of sp³-hybridized carbons (Fsp3) is 0.368. The molecule has 138 valence electrons. The summed E-state index contributed by atoms with van der Waals surface area (Å²) >= 11 is 1.77. The molecule has 0 radical (unpaired) electrons. The van der Waals surface area contributed by atoms with Crippen molar-refractivity contribution in [2.45, 2.75) is 48.0 Å². The molecular formula is C19H20N6OS. The van der Waals surface area contributed by atoms with Gasteiger partial charge in [0.2, 0.25) is 0 Å². The topological polar surface area (TPSA) is 88.8 Å². The van der Waals surface area contributed by atoms with Crippen molar-refractivity contribution in [3.63, 3.8) is 0 Å². The summed E-state index contributed by atoms with van der Waals surface area (Å²) in [5.74, 6) is 0.553. The van der Waals surface area contributed by atoms with Gasteiger partial charge in [-0.25, -0.2) is 9.97 Å². The second-order valence-electron chi connectivity index (χ2n) is 7.14. The Kier molecular flexibility index (Phi) is 4.29. The van der Waals surface area contributed by atoms with Gasteiger partial charge in [0.05, 0.1) is 23.8 Å². The molecule has 7 nitrogen and oxygen atoms in total. The summed E-state index contributed by atoms with van der Waals surface area (Å²) in [6.07, 6.45) is 11.9. The lowest BCUT2D eigenvalue weighted by molar-refractivity contribution is 0.414. The van der Waals surface area contributed by atoms with Gasteiger partial charge in [0.25, 0.3) is 0 Å². The molecule has 2 bridgehead atoms. The van der Waals surface area contributed by atoms with Crippen LogP contribution in [0, 0.1) is 0 Å². The number of hydrogen-bond donors (Lipinski definition) is 2. The number of phenolic OH excluding ortho intramolecular Hbond substituents is 1. The molecule has 27 heavy (non-hydrogen) atoms. The average Bonchev–Trinajstić information content (AvgIpc) is 3.32. The molecule has 3 aromatic rings. The first-order chi connectivity index (χ1) is 13.2. The van der Waals surface area contributed by atoms with Gasteiger partial charge in [-0.15, -0.1) is 10.2 Å². The fourth-order valence-corrected chi connectivity index (χ4v) is 5.20. The number of nitrogens with zero attached hydrogens (tertiary/aromatic N) is 5. The lowest BCUT2D eigenvalue weighted by Crippen LogP contribution is -2.39. The third-order valence-electron chi connectivity index (χ3n) is 5.28. The van der Waals surface area contributed by atoms with Crippen LogP contribution in [-0.2, 0) is 0 Å². The molecule has 2 unspecified atom stereocenters. The highest BCUT2D eigenvalue weighted by molar-refractivity contribution is 7.99. The maximum absolute atomic E-state index is 10.4. The van der Waals surface area contributed by atoms with Crippen LogP contribution in [0.1, 0.15) is 25.7 Å². The quantitative estimate of drug-likeness (QED) is 0.719. The molecule has 5 rings (SSSR count). The number of benzene rings is 1. The molecule has 0 spiro atoms. The number of aromatic hydroxyl groups is 1. The Bertz CT molecular complexity index is 918. The van der Waals surface area contributed by atoms with Crippen molar-refractivity contribution in [2.75, 3.05) is 0 Å². The molecule has 0 saturated carbocycles. The van der Waals surface area contributed by atoms with Crippen LogP contribution in [0.2, 0.25) is 0 Å². The number of rotatable bonds is 4. The maximum Gasteiger partial charge on any atom is 0.185 e. The van der Waals surface area contributed by atoms with E-state index in [4.69, 9.17) is 0 Å².